The second-order valence-electron chi connectivity index (χ2n) is 5.24. The van der Waals surface area contributed by atoms with Crippen molar-refractivity contribution in [2.45, 2.75) is 20.3 Å². The van der Waals surface area contributed by atoms with Gasteiger partial charge in [-0.05, 0) is 36.6 Å². The van der Waals surface area contributed by atoms with Crippen LogP contribution in [-0.4, -0.2) is 22.4 Å². The summed E-state index contributed by atoms with van der Waals surface area (Å²) in [5, 5.41) is 6.04. The molecule has 2 rings (SSSR count). The smallest absolute Gasteiger partial charge is 0.257 e. The lowest BCUT2D eigenvalue weighted by atomic mass is 10.1. The van der Waals surface area contributed by atoms with Crippen molar-refractivity contribution in [3.05, 3.63) is 48.4 Å². The van der Waals surface area contributed by atoms with E-state index in [4.69, 9.17) is 0 Å². The molecule has 2 heterocycles. The Morgan fingerprint density at radius 3 is 2.71 bits per heavy atom. The first-order chi connectivity index (χ1) is 10.1. The maximum absolute atomic E-state index is 12.0. The Hall–Kier alpha value is -2.43. The predicted octanol–water partition coefficient (Wildman–Crippen LogP) is 3.19. The Labute approximate surface area is 124 Å². The van der Waals surface area contributed by atoms with Crippen LogP contribution in [0.25, 0.3) is 0 Å². The standard InChI is InChI=1S/C16H20N4O/c1-12(2)7-9-18-15-6-5-14(11-19-15)20-16(21)13-4-3-8-17-10-13/h3-6,8,10-12H,7,9H2,1-2H3,(H,18,19)(H,20,21). The second-order valence-corrected chi connectivity index (χ2v) is 5.24. The minimum absolute atomic E-state index is 0.189. The largest absolute Gasteiger partial charge is 0.370 e. The van der Waals surface area contributed by atoms with Crippen molar-refractivity contribution in [3.8, 4) is 0 Å². The van der Waals surface area contributed by atoms with Gasteiger partial charge in [-0.2, -0.15) is 0 Å². The van der Waals surface area contributed by atoms with Crippen LogP contribution in [0.5, 0.6) is 0 Å². The molecule has 0 aliphatic heterocycles. The zero-order valence-corrected chi connectivity index (χ0v) is 12.3. The predicted molar refractivity (Wildman–Crippen MR) is 84.4 cm³/mol. The van der Waals surface area contributed by atoms with Crippen molar-refractivity contribution in [3.63, 3.8) is 0 Å². The first-order valence-electron chi connectivity index (χ1n) is 7.06. The zero-order valence-electron chi connectivity index (χ0n) is 12.3. The number of hydrogen-bond donors (Lipinski definition) is 2. The Morgan fingerprint density at radius 1 is 1.24 bits per heavy atom. The van der Waals surface area contributed by atoms with Gasteiger partial charge in [0, 0.05) is 18.9 Å². The molecule has 2 aromatic rings. The van der Waals surface area contributed by atoms with Gasteiger partial charge in [-0.3, -0.25) is 9.78 Å². The van der Waals surface area contributed by atoms with Crippen LogP contribution in [0, 0.1) is 5.92 Å². The highest BCUT2D eigenvalue weighted by atomic mass is 16.1. The van der Waals surface area contributed by atoms with E-state index in [0.717, 1.165) is 18.8 Å². The van der Waals surface area contributed by atoms with Gasteiger partial charge in [-0.15, -0.1) is 0 Å². The number of pyridine rings is 2. The zero-order chi connectivity index (χ0) is 15.1. The Kier molecular flexibility index (Phi) is 5.26. The first-order valence-corrected chi connectivity index (χ1v) is 7.06. The molecule has 0 saturated carbocycles. The Balaban J connectivity index is 1.89. The quantitative estimate of drug-likeness (QED) is 0.855. The molecule has 0 fully saturated rings. The number of anilines is 2. The molecule has 0 atom stereocenters. The van der Waals surface area contributed by atoms with Gasteiger partial charge in [-0.1, -0.05) is 13.8 Å². The summed E-state index contributed by atoms with van der Waals surface area (Å²) in [5.74, 6) is 1.29. The average Bonchev–Trinajstić information content (AvgIpc) is 2.49. The number of rotatable bonds is 6. The fraction of sp³-hybridized carbons (Fsp3) is 0.312. The van der Waals surface area contributed by atoms with Crippen molar-refractivity contribution in [2.24, 2.45) is 5.92 Å². The van der Waals surface area contributed by atoms with E-state index >= 15 is 0 Å². The molecule has 0 saturated heterocycles. The highest BCUT2D eigenvalue weighted by molar-refractivity contribution is 6.03. The van der Waals surface area contributed by atoms with Crippen molar-refractivity contribution in [1.82, 2.24) is 9.97 Å². The maximum Gasteiger partial charge on any atom is 0.257 e. The summed E-state index contributed by atoms with van der Waals surface area (Å²) in [6, 6.07) is 7.14. The summed E-state index contributed by atoms with van der Waals surface area (Å²) in [7, 11) is 0. The summed E-state index contributed by atoms with van der Waals surface area (Å²) >= 11 is 0. The van der Waals surface area contributed by atoms with Crippen LogP contribution in [0.4, 0.5) is 11.5 Å². The lowest BCUT2D eigenvalue weighted by Crippen LogP contribution is -2.12. The third-order valence-corrected chi connectivity index (χ3v) is 2.97. The van der Waals surface area contributed by atoms with Gasteiger partial charge < -0.3 is 10.6 Å². The van der Waals surface area contributed by atoms with Crippen LogP contribution in [0.1, 0.15) is 30.6 Å². The molecule has 1 amide bonds. The number of carbonyl (C=O) groups excluding carboxylic acids is 1. The number of nitrogens with one attached hydrogen (secondary N) is 2. The van der Waals surface area contributed by atoms with E-state index in [1.165, 1.54) is 6.20 Å². The molecule has 0 aromatic carbocycles. The molecule has 0 spiro atoms. The minimum atomic E-state index is -0.189. The van der Waals surface area contributed by atoms with Gasteiger partial charge in [0.05, 0.1) is 17.4 Å². The third kappa shape index (κ3) is 4.87. The lowest BCUT2D eigenvalue weighted by molar-refractivity contribution is 0.102. The SMILES string of the molecule is CC(C)CCNc1ccc(NC(=O)c2cccnc2)cn1. The van der Waals surface area contributed by atoms with E-state index in [1.807, 2.05) is 12.1 Å². The summed E-state index contributed by atoms with van der Waals surface area (Å²) < 4.78 is 0. The molecule has 0 bridgehead atoms. The minimum Gasteiger partial charge on any atom is -0.370 e. The van der Waals surface area contributed by atoms with Crippen LogP contribution >= 0.6 is 0 Å². The molecule has 2 aromatic heterocycles. The summed E-state index contributed by atoms with van der Waals surface area (Å²) in [6.45, 7) is 5.27. The molecule has 110 valence electrons. The van der Waals surface area contributed by atoms with E-state index < -0.39 is 0 Å². The Morgan fingerprint density at radius 2 is 2.10 bits per heavy atom. The maximum atomic E-state index is 12.0. The monoisotopic (exact) mass is 284 g/mol. The number of amides is 1. The van der Waals surface area contributed by atoms with Crippen LogP contribution in [0.2, 0.25) is 0 Å². The number of aromatic nitrogens is 2. The van der Waals surface area contributed by atoms with E-state index in [0.29, 0.717) is 17.2 Å². The summed E-state index contributed by atoms with van der Waals surface area (Å²) in [4.78, 5) is 20.2. The van der Waals surface area contributed by atoms with Gasteiger partial charge in [-0.25, -0.2) is 4.98 Å². The highest BCUT2D eigenvalue weighted by Crippen LogP contribution is 2.11. The van der Waals surface area contributed by atoms with Crippen LogP contribution < -0.4 is 10.6 Å². The molecule has 5 nitrogen and oxygen atoms in total. The van der Waals surface area contributed by atoms with E-state index in [1.54, 1.807) is 24.5 Å². The fourth-order valence-electron chi connectivity index (χ4n) is 1.76. The normalized spacial score (nSPS) is 10.4. The highest BCUT2D eigenvalue weighted by Gasteiger charge is 2.05. The van der Waals surface area contributed by atoms with Gasteiger partial charge in [0.2, 0.25) is 0 Å². The molecule has 0 aliphatic carbocycles. The molecular formula is C16H20N4O. The molecule has 2 N–H and O–H groups in total. The van der Waals surface area contributed by atoms with E-state index in [9.17, 15) is 4.79 Å². The molecule has 0 unspecified atom stereocenters. The molecule has 0 aliphatic rings. The number of hydrogen-bond acceptors (Lipinski definition) is 4. The van der Waals surface area contributed by atoms with Crippen LogP contribution in [-0.2, 0) is 0 Å². The van der Waals surface area contributed by atoms with Gasteiger partial charge in [0.15, 0.2) is 0 Å². The molecule has 5 heteroatoms. The molecule has 21 heavy (non-hydrogen) atoms. The summed E-state index contributed by atoms with van der Waals surface area (Å²) in [6.07, 6.45) is 5.91. The van der Waals surface area contributed by atoms with E-state index in [2.05, 4.69) is 34.4 Å². The molecular weight excluding hydrogens is 264 g/mol. The fourth-order valence-corrected chi connectivity index (χ4v) is 1.76. The number of nitrogens with zero attached hydrogens (tertiary/aromatic N) is 2. The van der Waals surface area contributed by atoms with Crippen molar-refractivity contribution >= 4 is 17.4 Å². The Bertz CT molecular complexity index is 567. The first kappa shape index (κ1) is 15.0. The summed E-state index contributed by atoms with van der Waals surface area (Å²) in [5.41, 5.74) is 1.19. The molecule has 0 radical (unpaired) electrons. The lowest BCUT2D eigenvalue weighted by Gasteiger charge is -2.09. The third-order valence-electron chi connectivity index (χ3n) is 2.97. The number of carbonyl (C=O) groups is 1. The van der Waals surface area contributed by atoms with Crippen LogP contribution in [0.15, 0.2) is 42.9 Å². The average molecular weight is 284 g/mol. The van der Waals surface area contributed by atoms with Gasteiger partial charge in [0.25, 0.3) is 5.91 Å². The second kappa shape index (κ2) is 7.38. The van der Waals surface area contributed by atoms with Crippen LogP contribution in [0.3, 0.4) is 0 Å². The van der Waals surface area contributed by atoms with E-state index in [-0.39, 0.29) is 5.91 Å². The van der Waals surface area contributed by atoms with Crippen molar-refractivity contribution in [1.29, 1.82) is 0 Å². The van der Waals surface area contributed by atoms with Gasteiger partial charge >= 0.3 is 0 Å². The van der Waals surface area contributed by atoms with Crippen molar-refractivity contribution in [2.75, 3.05) is 17.2 Å². The topological polar surface area (TPSA) is 66.9 Å². The van der Waals surface area contributed by atoms with Crippen molar-refractivity contribution < 1.29 is 4.79 Å². The van der Waals surface area contributed by atoms with Gasteiger partial charge in [0.1, 0.15) is 5.82 Å².